The second-order valence-corrected chi connectivity index (χ2v) is 11.4. The Morgan fingerprint density at radius 3 is 2.53 bits per heavy atom. The van der Waals surface area contributed by atoms with E-state index in [9.17, 15) is 12.8 Å². The molecule has 11 heteroatoms. The maximum Gasteiger partial charge on any atom is 0.233 e. The van der Waals surface area contributed by atoms with E-state index in [1.807, 2.05) is 17.5 Å². The van der Waals surface area contributed by atoms with Gasteiger partial charge >= 0.3 is 0 Å². The minimum Gasteiger partial charge on any atom is -0.419 e. The predicted molar refractivity (Wildman–Crippen MR) is 137 cm³/mol. The van der Waals surface area contributed by atoms with Crippen LogP contribution in [-0.4, -0.2) is 51.1 Å². The highest BCUT2D eigenvalue weighted by Gasteiger charge is 2.32. The Kier molecular flexibility index (Phi) is 7.40. The topological polar surface area (TPSA) is 84.7 Å². The highest BCUT2D eigenvalue weighted by atomic mass is 35.5. The molecule has 0 amide bonds. The highest BCUT2D eigenvalue weighted by Crippen LogP contribution is 2.35. The van der Waals surface area contributed by atoms with Crippen LogP contribution in [0.5, 0.6) is 0 Å². The number of morpholine rings is 1. The van der Waals surface area contributed by atoms with Crippen LogP contribution in [0.15, 0.2) is 80.4 Å². The fourth-order valence-electron chi connectivity index (χ4n) is 4.05. The molecule has 0 saturated carbocycles. The van der Waals surface area contributed by atoms with E-state index in [0.717, 1.165) is 24.0 Å². The molecule has 0 aliphatic carbocycles. The van der Waals surface area contributed by atoms with Gasteiger partial charge in [-0.15, -0.1) is 11.3 Å². The lowest BCUT2D eigenvalue weighted by Crippen LogP contribution is -2.41. The van der Waals surface area contributed by atoms with Crippen LogP contribution in [0.3, 0.4) is 0 Å². The molecule has 0 spiro atoms. The average molecular weight is 548 g/mol. The number of sulfone groups is 1. The Morgan fingerprint density at radius 1 is 1.08 bits per heavy atom. The predicted octanol–water partition coefficient (Wildman–Crippen LogP) is 5.51. The van der Waals surface area contributed by atoms with E-state index < -0.39 is 20.5 Å². The number of nitrogens with zero attached hydrogens (tertiary/aromatic N) is 2. The minimum absolute atomic E-state index is 0.0398. The smallest absolute Gasteiger partial charge is 0.233 e. The van der Waals surface area contributed by atoms with Crippen molar-refractivity contribution >= 4 is 38.7 Å². The average Bonchev–Trinajstić information content (AvgIpc) is 3.57. The minimum atomic E-state index is -4.32. The summed E-state index contributed by atoms with van der Waals surface area (Å²) in [7, 11) is -4.32. The molecule has 1 saturated heterocycles. The Labute approximate surface area is 217 Å². The Balaban J connectivity index is 1.52. The first-order chi connectivity index (χ1) is 17.4. The van der Waals surface area contributed by atoms with Crippen LogP contribution >= 0.6 is 22.9 Å². The zero-order chi connectivity index (χ0) is 25.1. The zero-order valence-corrected chi connectivity index (χ0v) is 21.5. The number of oxazole rings is 1. The molecule has 36 heavy (non-hydrogen) atoms. The van der Waals surface area contributed by atoms with Gasteiger partial charge in [-0.2, -0.15) is 4.98 Å². The lowest BCUT2D eigenvalue weighted by Gasteiger charge is -2.34. The number of benzene rings is 2. The van der Waals surface area contributed by atoms with E-state index in [4.69, 9.17) is 20.8 Å². The van der Waals surface area contributed by atoms with Crippen molar-refractivity contribution in [3.05, 3.63) is 81.8 Å². The third-order valence-electron chi connectivity index (χ3n) is 5.88. The summed E-state index contributed by atoms with van der Waals surface area (Å²) < 4.78 is 53.0. The lowest BCUT2D eigenvalue weighted by atomic mass is 10.2. The van der Waals surface area contributed by atoms with E-state index in [1.54, 1.807) is 35.6 Å². The summed E-state index contributed by atoms with van der Waals surface area (Å²) >= 11 is 7.62. The van der Waals surface area contributed by atoms with Gasteiger partial charge in [0.25, 0.3) is 0 Å². The van der Waals surface area contributed by atoms with Gasteiger partial charge in [0.05, 0.1) is 19.3 Å². The summed E-state index contributed by atoms with van der Waals surface area (Å²) in [6.45, 7) is 3.10. The van der Waals surface area contributed by atoms with E-state index in [0.29, 0.717) is 30.3 Å². The van der Waals surface area contributed by atoms with E-state index in [-0.39, 0.29) is 22.8 Å². The molecule has 188 valence electrons. The molecule has 5 rings (SSSR count). The number of hydrogen-bond acceptors (Lipinski definition) is 8. The summed E-state index contributed by atoms with van der Waals surface area (Å²) in [5, 5.41) is 5.32. The zero-order valence-electron chi connectivity index (χ0n) is 19.1. The molecule has 1 atom stereocenters. The molecular weight excluding hydrogens is 525 g/mol. The molecule has 1 aliphatic rings. The van der Waals surface area contributed by atoms with Gasteiger partial charge in [-0.25, -0.2) is 12.8 Å². The van der Waals surface area contributed by atoms with E-state index in [1.165, 1.54) is 18.2 Å². The molecule has 4 aromatic rings. The molecule has 3 heterocycles. The summed E-state index contributed by atoms with van der Waals surface area (Å²) in [6, 6.07) is 15.9. The van der Waals surface area contributed by atoms with Crippen LogP contribution in [0.2, 0.25) is 5.02 Å². The van der Waals surface area contributed by atoms with Gasteiger partial charge in [-0.1, -0.05) is 29.8 Å². The number of rotatable bonds is 8. The lowest BCUT2D eigenvalue weighted by molar-refractivity contribution is 0.0193. The van der Waals surface area contributed by atoms with Crippen LogP contribution in [-0.2, 0) is 14.6 Å². The fraction of sp³-hybridized carbons (Fsp3) is 0.240. The molecule has 2 aromatic heterocycles. The van der Waals surface area contributed by atoms with Crippen LogP contribution in [0.1, 0.15) is 10.9 Å². The molecule has 1 fully saturated rings. The molecule has 2 aromatic carbocycles. The van der Waals surface area contributed by atoms with Gasteiger partial charge < -0.3 is 14.5 Å². The third-order valence-corrected chi connectivity index (χ3v) is 8.80. The second-order valence-electron chi connectivity index (χ2n) is 8.15. The molecule has 1 N–H and O–H groups in total. The van der Waals surface area contributed by atoms with Crippen molar-refractivity contribution in [2.45, 2.75) is 16.0 Å². The van der Waals surface area contributed by atoms with Crippen molar-refractivity contribution in [2.75, 3.05) is 38.2 Å². The fourth-order valence-corrected chi connectivity index (χ4v) is 6.39. The number of thiophene rings is 1. The third kappa shape index (κ3) is 5.18. The Bertz CT molecular complexity index is 1420. The number of nitrogens with one attached hydrogen (secondary N) is 1. The van der Waals surface area contributed by atoms with Crippen molar-refractivity contribution < 1.29 is 22.0 Å². The van der Waals surface area contributed by atoms with Crippen LogP contribution in [0.4, 0.5) is 10.3 Å². The summed E-state index contributed by atoms with van der Waals surface area (Å²) in [4.78, 5) is 7.24. The highest BCUT2D eigenvalue weighted by molar-refractivity contribution is 7.91. The van der Waals surface area contributed by atoms with Gasteiger partial charge in [0.2, 0.25) is 26.6 Å². The first kappa shape index (κ1) is 24.9. The van der Waals surface area contributed by atoms with Crippen LogP contribution < -0.4 is 5.32 Å². The van der Waals surface area contributed by atoms with Gasteiger partial charge in [0.1, 0.15) is 10.7 Å². The van der Waals surface area contributed by atoms with Crippen molar-refractivity contribution in [3.8, 4) is 11.5 Å². The van der Waals surface area contributed by atoms with E-state index >= 15 is 0 Å². The molecule has 0 radical (unpaired) electrons. The van der Waals surface area contributed by atoms with Gasteiger partial charge in [-0.3, -0.25) is 4.90 Å². The quantitative estimate of drug-likeness (QED) is 0.311. The van der Waals surface area contributed by atoms with Gasteiger partial charge in [0, 0.05) is 35.1 Å². The van der Waals surface area contributed by atoms with Crippen molar-refractivity contribution in [2.24, 2.45) is 0 Å². The summed E-state index contributed by atoms with van der Waals surface area (Å²) in [5.41, 5.74) is 0.542. The second kappa shape index (κ2) is 10.7. The van der Waals surface area contributed by atoms with Crippen molar-refractivity contribution in [3.63, 3.8) is 0 Å². The van der Waals surface area contributed by atoms with Crippen LogP contribution in [0, 0.1) is 5.82 Å². The largest absolute Gasteiger partial charge is 0.419 e. The van der Waals surface area contributed by atoms with Crippen molar-refractivity contribution in [1.29, 1.82) is 0 Å². The maximum absolute atomic E-state index is 14.5. The monoisotopic (exact) mass is 547 g/mol. The molecule has 7 nitrogen and oxygen atoms in total. The SMILES string of the molecule is O=S(=O)(c1ccccc1F)c1nc(-c2ccc(Cl)cc2)oc1NCC(c1cccs1)N1CCOCC1. The standard InChI is InChI=1S/C25H23ClFN3O4S2/c26-18-9-7-17(8-10-18)23-29-25(36(31,32)22-6-2-1-4-19(22)27)24(34-23)28-16-20(21-5-3-15-35-21)30-11-13-33-14-12-30/h1-10,15,20,28H,11-14,16H2. The number of anilines is 1. The molecular formula is C25H23ClFN3O4S2. The number of ether oxygens (including phenoxy) is 1. The Hall–Kier alpha value is -2.76. The van der Waals surface area contributed by atoms with Crippen LogP contribution in [0.25, 0.3) is 11.5 Å². The normalized spacial score (nSPS) is 15.6. The van der Waals surface area contributed by atoms with Crippen molar-refractivity contribution in [1.82, 2.24) is 9.88 Å². The first-order valence-corrected chi connectivity index (χ1v) is 14.0. The summed E-state index contributed by atoms with van der Waals surface area (Å²) in [6.07, 6.45) is 0. The number of halogens is 2. The summed E-state index contributed by atoms with van der Waals surface area (Å²) in [5.74, 6) is -0.814. The maximum atomic E-state index is 14.5. The number of hydrogen-bond donors (Lipinski definition) is 1. The number of aromatic nitrogens is 1. The van der Waals surface area contributed by atoms with Gasteiger partial charge in [-0.05, 0) is 47.8 Å². The van der Waals surface area contributed by atoms with Gasteiger partial charge in [0.15, 0.2) is 0 Å². The first-order valence-electron chi connectivity index (χ1n) is 11.3. The molecule has 0 bridgehead atoms. The Morgan fingerprint density at radius 2 is 1.83 bits per heavy atom. The molecule has 1 aliphatic heterocycles. The molecule has 1 unspecified atom stereocenters. The van der Waals surface area contributed by atoms with E-state index in [2.05, 4.69) is 15.2 Å².